The first-order valence-electron chi connectivity index (χ1n) is 11.4. The fraction of sp³-hybridized carbons (Fsp3) is 0.320. The molecule has 3 N–H and O–H groups in total. The second-order valence-corrected chi connectivity index (χ2v) is 8.44. The minimum atomic E-state index is -0.854. The van der Waals surface area contributed by atoms with E-state index >= 15 is 0 Å². The zero-order chi connectivity index (χ0) is 24.9. The van der Waals surface area contributed by atoms with Gasteiger partial charge in [-0.05, 0) is 24.3 Å². The molecule has 0 aliphatic carbocycles. The summed E-state index contributed by atoms with van der Waals surface area (Å²) in [5.74, 6) is -1.09. The highest BCUT2D eigenvalue weighted by molar-refractivity contribution is 5.94. The van der Waals surface area contributed by atoms with Crippen molar-refractivity contribution < 1.29 is 13.9 Å². The number of piperazine rings is 1. The van der Waals surface area contributed by atoms with Crippen molar-refractivity contribution >= 4 is 23.1 Å². The van der Waals surface area contributed by atoms with Crippen molar-refractivity contribution in [2.75, 3.05) is 56.7 Å². The number of hydrogen-bond acceptors (Lipinski definition) is 7. The molecular formula is C25H29FN6O3. The number of halogens is 1. The van der Waals surface area contributed by atoms with Gasteiger partial charge in [-0.25, -0.2) is 9.37 Å². The van der Waals surface area contributed by atoms with Crippen LogP contribution in [0.4, 0.5) is 21.6 Å². The third-order valence-electron chi connectivity index (χ3n) is 6.12. The normalized spacial score (nSPS) is 14.2. The number of benzene rings is 1. The minimum Gasteiger partial charge on any atom is -0.383 e. The Morgan fingerprint density at radius 1 is 1.20 bits per heavy atom. The fourth-order valence-corrected chi connectivity index (χ4v) is 4.13. The maximum Gasteiger partial charge on any atom is 0.274 e. The molecule has 0 unspecified atom stereocenters. The molecule has 184 valence electrons. The Bertz CT molecular complexity index is 1250. The third-order valence-corrected chi connectivity index (χ3v) is 6.12. The average Bonchev–Trinajstić information content (AvgIpc) is 2.86. The van der Waals surface area contributed by atoms with Crippen LogP contribution in [0.1, 0.15) is 10.4 Å². The smallest absolute Gasteiger partial charge is 0.274 e. The van der Waals surface area contributed by atoms with E-state index in [9.17, 15) is 14.0 Å². The molecule has 4 rings (SSSR count). The van der Waals surface area contributed by atoms with Gasteiger partial charge in [0, 0.05) is 64.2 Å². The van der Waals surface area contributed by atoms with Crippen molar-refractivity contribution in [3.05, 3.63) is 70.5 Å². The van der Waals surface area contributed by atoms with Crippen LogP contribution in [0.15, 0.2) is 53.6 Å². The second-order valence-electron chi connectivity index (χ2n) is 8.44. The number of pyridine rings is 2. The predicted octanol–water partition coefficient (Wildman–Crippen LogP) is 2.20. The standard InChI is InChI=1S/C25H29FN6O3/c1-30-16-17(19-4-3-5-20(23(19)26)24(27)33)14-21(25(30)34)29-22-7-6-18(15-28-22)32-10-8-31(9-11-32)12-13-35-2/h3-7,14-16H,8-13H2,1-2H3,(H2,27,33)(H,28,29). The topological polar surface area (TPSA) is 106 Å². The van der Waals surface area contributed by atoms with E-state index < -0.39 is 11.7 Å². The highest BCUT2D eigenvalue weighted by Gasteiger charge is 2.18. The fourth-order valence-electron chi connectivity index (χ4n) is 4.13. The van der Waals surface area contributed by atoms with Gasteiger partial charge < -0.3 is 25.3 Å². The lowest BCUT2D eigenvalue weighted by molar-refractivity contribution is 0.0996. The van der Waals surface area contributed by atoms with Crippen LogP contribution >= 0.6 is 0 Å². The summed E-state index contributed by atoms with van der Waals surface area (Å²) < 4.78 is 21.4. The lowest BCUT2D eigenvalue weighted by Crippen LogP contribution is -2.47. The van der Waals surface area contributed by atoms with Crippen molar-refractivity contribution in [2.24, 2.45) is 12.8 Å². The van der Waals surface area contributed by atoms with Gasteiger partial charge >= 0.3 is 0 Å². The molecule has 1 fully saturated rings. The molecule has 0 spiro atoms. The number of hydrogen-bond donors (Lipinski definition) is 2. The lowest BCUT2D eigenvalue weighted by Gasteiger charge is -2.35. The molecule has 3 aromatic rings. The number of carbonyl (C=O) groups excluding carboxylic acids is 1. The SMILES string of the molecule is COCCN1CCN(c2ccc(Nc3cc(-c4cccc(C(N)=O)c4F)cn(C)c3=O)nc2)CC1. The molecule has 1 saturated heterocycles. The summed E-state index contributed by atoms with van der Waals surface area (Å²) in [5.41, 5.74) is 6.62. The molecule has 10 heteroatoms. The number of nitrogens with one attached hydrogen (secondary N) is 1. The number of nitrogens with zero attached hydrogens (tertiary/aromatic N) is 4. The van der Waals surface area contributed by atoms with Crippen LogP contribution in [-0.2, 0) is 11.8 Å². The van der Waals surface area contributed by atoms with E-state index in [-0.39, 0.29) is 22.4 Å². The Morgan fingerprint density at radius 3 is 2.63 bits per heavy atom. The molecule has 0 bridgehead atoms. The van der Waals surface area contributed by atoms with Crippen molar-refractivity contribution in [3.8, 4) is 11.1 Å². The van der Waals surface area contributed by atoms with Crippen LogP contribution in [0.3, 0.4) is 0 Å². The largest absolute Gasteiger partial charge is 0.383 e. The van der Waals surface area contributed by atoms with Gasteiger partial charge in [-0.1, -0.05) is 12.1 Å². The van der Waals surface area contributed by atoms with E-state index in [1.807, 2.05) is 12.1 Å². The van der Waals surface area contributed by atoms with Crippen LogP contribution in [0.5, 0.6) is 0 Å². The van der Waals surface area contributed by atoms with E-state index in [0.29, 0.717) is 11.4 Å². The van der Waals surface area contributed by atoms with E-state index in [4.69, 9.17) is 10.5 Å². The second kappa shape index (κ2) is 10.7. The van der Waals surface area contributed by atoms with Crippen LogP contribution in [0, 0.1) is 5.82 Å². The summed E-state index contributed by atoms with van der Waals surface area (Å²) in [4.78, 5) is 33.4. The van der Waals surface area contributed by atoms with Gasteiger partial charge in [0.25, 0.3) is 11.5 Å². The van der Waals surface area contributed by atoms with Crippen molar-refractivity contribution in [1.29, 1.82) is 0 Å². The molecule has 3 heterocycles. The van der Waals surface area contributed by atoms with E-state index in [0.717, 1.165) is 45.0 Å². The summed E-state index contributed by atoms with van der Waals surface area (Å²) in [7, 11) is 3.29. The molecule has 0 atom stereocenters. The first kappa shape index (κ1) is 24.4. The molecule has 1 amide bonds. The number of aryl methyl sites for hydroxylation is 1. The van der Waals surface area contributed by atoms with Gasteiger partial charge in [0.1, 0.15) is 17.3 Å². The van der Waals surface area contributed by atoms with Crippen LogP contribution in [0.2, 0.25) is 0 Å². The summed E-state index contributed by atoms with van der Waals surface area (Å²) in [5, 5.41) is 3.04. The van der Waals surface area contributed by atoms with Crippen molar-refractivity contribution in [2.45, 2.75) is 0 Å². The molecule has 1 aliphatic rings. The first-order valence-corrected chi connectivity index (χ1v) is 11.4. The van der Waals surface area contributed by atoms with Crippen LogP contribution in [0.25, 0.3) is 11.1 Å². The van der Waals surface area contributed by atoms with Gasteiger partial charge in [0.15, 0.2) is 0 Å². The van der Waals surface area contributed by atoms with Gasteiger partial charge in [-0.2, -0.15) is 0 Å². The number of nitrogens with two attached hydrogens (primary N) is 1. The summed E-state index contributed by atoms with van der Waals surface area (Å²) in [6.45, 7) is 5.37. The summed E-state index contributed by atoms with van der Waals surface area (Å²) in [6.07, 6.45) is 3.29. The summed E-state index contributed by atoms with van der Waals surface area (Å²) in [6, 6.07) is 9.73. The highest BCUT2D eigenvalue weighted by atomic mass is 19.1. The number of anilines is 3. The zero-order valence-corrected chi connectivity index (χ0v) is 19.8. The van der Waals surface area contributed by atoms with Crippen molar-refractivity contribution in [1.82, 2.24) is 14.5 Å². The Balaban J connectivity index is 1.51. The Morgan fingerprint density at radius 2 is 1.97 bits per heavy atom. The number of primary amides is 1. The van der Waals surface area contributed by atoms with Gasteiger partial charge in [-0.3, -0.25) is 14.5 Å². The maximum absolute atomic E-state index is 14.9. The number of methoxy groups -OCH3 is 1. The molecule has 9 nitrogen and oxygen atoms in total. The van der Waals surface area contributed by atoms with E-state index in [1.165, 1.54) is 22.9 Å². The molecule has 0 radical (unpaired) electrons. The minimum absolute atomic E-state index is 0.174. The maximum atomic E-state index is 14.9. The highest BCUT2D eigenvalue weighted by Crippen LogP contribution is 2.27. The number of carbonyl (C=O) groups is 1. The van der Waals surface area contributed by atoms with Crippen molar-refractivity contribution in [3.63, 3.8) is 0 Å². The molecular weight excluding hydrogens is 451 g/mol. The molecule has 35 heavy (non-hydrogen) atoms. The van der Waals surface area contributed by atoms with Gasteiger partial charge in [0.05, 0.1) is 24.1 Å². The first-order chi connectivity index (χ1) is 16.9. The van der Waals surface area contributed by atoms with E-state index in [2.05, 4.69) is 20.1 Å². The molecule has 2 aromatic heterocycles. The molecule has 1 aliphatic heterocycles. The number of ether oxygens (including phenoxy) is 1. The Kier molecular flexibility index (Phi) is 7.42. The van der Waals surface area contributed by atoms with Gasteiger partial charge in [0.2, 0.25) is 0 Å². The molecule has 0 saturated carbocycles. The number of aromatic nitrogens is 2. The Hall–Kier alpha value is -3.76. The predicted molar refractivity (Wildman–Crippen MR) is 134 cm³/mol. The number of amides is 1. The zero-order valence-electron chi connectivity index (χ0n) is 19.8. The monoisotopic (exact) mass is 480 g/mol. The van der Waals surface area contributed by atoms with E-state index in [1.54, 1.807) is 32.5 Å². The third kappa shape index (κ3) is 5.50. The Labute approximate surface area is 202 Å². The molecule has 1 aromatic carbocycles. The quantitative estimate of drug-likeness (QED) is 0.509. The average molecular weight is 481 g/mol. The lowest BCUT2D eigenvalue weighted by atomic mass is 10.0. The number of rotatable bonds is 8. The van der Waals surface area contributed by atoms with Crippen LogP contribution < -0.4 is 21.5 Å². The summed E-state index contributed by atoms with van der Waals surface area (Å²) >= 11 is 0. The van der Waals surface area contributed by atoms with Gasteiger partial charge in [-0.15, -0.1) is 0 Å². The van der Waals surface area contributed by atoms with Crippen LogP contribution in [-0.4, -0.2) is 66.8 Å².